The lowest BCUT2D eigenvalue weighted by Gasteiger charge is -2.22. The van der Waals surface area contributed by atoms with Crippen LogP contribution in [0.15, 0.2) is 48.5 Å². The lowest BCUT2D eigenvalue weighted by molar-refractivity contribution is -0.155. The third kappa shape index (κ3) is 4.60. The number of hydrogen-bond acceptors (Lipinski definition) is 4. The average Bonchev–Trinajstić information content (AvgIpc) is 2.96. The van der Waals surface area contributed by atoms with E-state index in [1.807, 2.05) is 57.2 Å². The highest BCUT2D eigenvalue weighted by Gasteiger charge is 2.30. The van der Waals surface area contributed by atoms with E-state index in [0.29, 0.717) is 0 Å². The molecule has 3 rings (SSSR count). The molecule has 2 aromatic rings. The zero-order valence-electron chi connectivity index (χ0n) is 16.5. The monoisotopic (exact) mass is 382 g/mol. The standard InChI is InChI=1S/C23H26O5/c1-23(2,3)28-13-15(22(25)26)12-21(24)27-14-20-18-10-6-4-8-16(18)17-9-5-7-11-19(17)20/h4-11,15,20H,12-14H2,1-3H3,(H,25,26)/t15-/m0/s1. The van der Waals surface area contributed by atoms with Gasteiger partial charge in [-0.25, -0.2) is 0 Å². The fraction of sp³-hybridized carbons (Fsp3) is 0.391. The molecule has 28 heavy (non-hydrogen) atoms. The van der Waals surface area contributed by atoms with Crippen LogP contribution in [0, 0.1) is 5.92 Å². The van der Waals surface area contributed by atoms with Gasteiger partial charge in [0.15, 0.2) is 0 Å². The summed E-state index contributed by atoms with van der Waals surface area (Å²) in [5.41, 5.74) is 4.10. The predicted octanol–water partition coefficient (Wildman–Crippen LogP) is 4.25. The Morgan fingerprint density at radius 1 is 1.00 bits per heavy atom. The fourth-order valence-electron chi connectivity index (χ4n) is 3.44. The zero-order valence-corrected chi connectivity index (χ0v) is 16.5. The van der Waals surface area contributed by atoms with Crippen molar-refractivity contribution < 1.29 is 24.2 Å². The maximum Gasteiger partial charge on any atom is 0.309 e. The van der Waals surface area contributed by atoms with Crippen molar-refractivity contribution in [3.63, 3.8) is 0 Å². The topological polar surface area (TPSA) is 72.8 Å². The molecule has 2 aromatic carbocycles. The summed E-state index contributed by atoms with van der Waals surface area (Å²) in [6.07, 6.45) is -0.207. The molecule has 0 fully saturated rings. The van der Waals surface area contributed by atoms with Gasteiger partial charge >= 0.3 is 11.9 Å². The summed E-state index contributed by atoms with van der Waals surface area (Å²) >= 11 is 0. The van der Waals surface area contributed by atoms with Crippen LogP contribution in [0.1, 0.15) is 44.2 Å². The number of carboxylic acid groups (broad SMARTS) is 1. The summed E-state index contributed by atoms with van der Waals surface area (Å²) in [5, 5.41) is 9.37. The SMILES string of the molecule is CC(C)(C)OC[C@H](CC(=O)OCC1c2ccccc2-c2ccccc21)C(=O)O. The summed E-state index contributed by atoms with van der Waals surface area (Å²) in [6, 6.07) is 16.2. The molecule has 0 heterocycles. The van der Waals surface area contributed by atoms with Crippen molar-refractivity contribution >= 4 is 11.9 Å². The zero-order chi connectivity index (χ0) is 20.3. The summed E-state index contributed by atoms with van der Waals surface area (Å²) in [4.78, 5) is 23.8. The minimum Gasteiger partial charge on any atom is -0.481 e. The first-order chi connectivity index (χ1) is 13.3. The first-order valence-corrected chi connectivity index (χ1v) is 9.47. The van der Waals surface area contributed by atoms with Gasteiger partial charge in [-0.05, 0) is 43.0 Å². The largest absolute Gasteiger partial charge is 0.481 e. The molecule has 1 aliphatic carbocycles. The van der Waals surface area contributed by atoms with E-state index in [1.165, 1.54) is 0 Å². The predicted molar refractivity (Wildman–Crippen MR) is 106 cm³/mol. The van der Waals surface area contributed by atoms with Crippen LogP contribution in [-0.2, 0) is 19.1 Å². The van der Waals surface area contributed by atoms with E-state index in [-0.39, 0.29) is 25.6 Å². The molecule has 0 unspecified atom stereocenters. The van der Waals surface area contributed by atoms with Crippen LogP contribution in [0.3, 0.4) is 0 Å². The van der Waals surface area contributed by atoms with Crippen molar-refractivity contribution in [1.82, 2.24) is 0 Å². The number of hydrogen-bond donors (Lipinski definition) is 1. The smallest absolute Gasteiger partial charge is 0.309 e. The van der Waals surface area contributed by atoms with Crippen molar-refractivity contribution in [2.75, 3.05) is 13.2 Å². The van der Waals surface area contributed by atoms with Gasteiger partial charge in [-0.1, -0.05) is 48.5 Å². The Morgan fingerprint density at radius 3 is 2.04 bits per heavy atom. The van der Waals surface area contributed by atoms with Gasteiger partial charge in [-0.3, -0.25) is 9.59 Å². The minimum absolute atomic E-state index is 0.0248. The van der Waals surface area contributed by atoms with Gasteiger partial charge in [0.1, 0.15) is 6.61 Å². The van der Waals surface area contributed by atoms with Crippen molar-refractivity contribution in [3.8, 4) is 11.1 Å². The second-order valence-electron chi connectivity index (χ2n) is 8.07. The van der Waals surface area contributed by atoms with Gasteiger partial charge < -0.3 is 14.6 Å². The highest BCUT2D eigenvalue weighted by molar-refractivity contribution is 5.80. The van der Waals surface area contributed by atoms with Crippen LogP contribution >= 0.6 is 0 Å². The van der Waals surface area contributed by atoms with Crippen LogP contribution < -0.4 is 0 Å². The van der Waals surface area contributed by atoms with E-state index >= 15 is 0 Å². The molecule has 0 spiro atoms. The van der Waals surface area contributed by atoms with Gasteiger partial charge in [0.25, 0.3) is 0 Å². The minimum atomic E-state index is -1.06. The molecule has 0 saturated heterocycles. The Bertz CT molecular complexity index is 820. The molecular weight excluding hydrogens is 356 g/mol. The Labute approximate surface area is 165 Å². The van der Waals surface area contributed by atoms with Gasteiger partial charge in [0, 0.05) is 5.92 Å². The number of ether oxygens (including phenoxy) is 2. The number of rotatable bonds is 7. The average molecular weight is 382 g/mol. The second-order valence-corrected chi connectivity index (χ2v) is 8.07. The first-order valence-electron chi connectivity index (χ1n) is 9.47. The number of carbonyl (C=O) groups is 2. The Hall–Kier alpha value is -2.66. The summed E-state index contributed by atoms with van der Waals surface area (Å²) in [6.45, 7) is 5.71. The fourth-order valence-corrected chi connectivity index (χ4v) is 3.44. The van der Waals surface area contributed by atoms with Gasteiger partial charge in [-0.15, -0.1) is 0 Å². The van der Waals surface area contributed by atoms with Crippen molar-refractivity contribution in [1.29, 1.82) is 0 Å². The van der Waals surface area contributed by atoms with Gasteiger partial charge in [0.2, 0.25) is 0 Å². The maximum atomic E-state index is 12.3. The van der Waals surface area contributed by atoms with E-state index in [1.54, 1.807) is 0 Å². The molecule has 0 amide bonds. The lowest BCUT2D eigenvalue weighted by atomic mass is 9.98. The number of carboxylic acids is 1. The van der Waals surface area contributed by atoms with Crippen LogP contribution in [-0.4, -0.2) is 35.9 Å². The summed E-state index contributed by atoms with van der Waals surface area (Å²) < 4.78 is 11.0. The molecule has 0 saturated carbocycles. The molecular formula is C23H26O5. The Kier molecular flexibility index (Phi) is 5.84. The quantitative estimate of drug-likeness (QED) is 0.725. The molecule has 0 bridgehead atoms. The Balaban J connectivity index is 1.65. The van der Waals surface area contributed by atoms with Crippen LogP contribution in [0.2, 0.25) is 0 Å². The molecule has 5 heteroatoms. The third-order valence-electron chi connectivity index (χ3n) is 4.85. The molecule has 5 nitrogen and oxygen atoms in total. The molecule has 1 N–H and O–H groups in total. The van der Waals surface area contributed by atoms with E-state index < -0.39 is 23.5 Å². The van der Waals surface area contributed by atoms with Crippen molar-refractivity contribution in [2.24, 2.45) is 5.92 Å². The van der Waals surface area contributed by atoms with E-state index in [0.717, 1.165) is 22.3 Å². The number of fused-ring (bicyclic) bond motifs is 3. The number of aliphatic carboxylic acids is 1. The summed E-state index contributed by atoms with van der Waals surface area (Å²) in [7, 11) is 0. The highest BCUT2D eigenvalue weighted by atomic mass is 16.5. The van der Waals surface area contributed by atoms with Crippen LogP contribution in [0.4, 0.5) is 0 Å². The van der Waals surface area contributed by atoms with Gasteiger partial charge in [0.05, 0.1) is 24.5 Å². The van der Waals surface area contributed by atoms with E-state index in [4.69, 9.17) is 9.47 Å². The van der Waals surface area contributed by atoms with Crippen molar-refractivity contribution in [3.05, 3.63) is 59.7 Å². The lowest BCUT2D eigenvalue weighted by Crippen LogP contribution is -2.29. The Morgan fingerprint density at radius 2 is 1.54 bits per heavy atom. The van der Waals surface area contributed by atoms with Crippen molar-refractivity contribution in [2.45, 2.75) is 38.7 Å². The van der Waals surface area contributed by atoms with Crippen LogP contribution in [0.25, 0.3) is 11.1 Å². The van der Waals surface area contributed by atoms with Crippen LogP contribution in [0.5, 0.6) is 0 Å². The summed E-state index contributed by atoms with van der Waals surface area (Å²) in [5.74, 6) is -2.54. The molecule has 148 valence electrons. The van der Waals surface area contributed by atoms with Gasteiger partial charge in [-0.2, -0.15) is 0 Å². The maximum absolute atomic E-state index is 12.3. The molecule has 0 radical (unpaired) electrons. The van der Waals surface area contributed by atoms with E-state index in [9.17, 15) is 14.7 Å². The number of esters is 1. The second kappa shape index (κ2) is 8.15. The number of benzene rings is 2. The normalized spacial score (nSPS) is 14.2. The van der Waals surface area contributed by atoms with E-state index in [2.05, 4.69) is 12.1 Å². The highest BCUT2D eigenvalue weighted by Crippen LogP contribution is 2.44. The third-order valence-corrected chi connectivity index (χ3v) is 4.85. The molecule has 0 aliphatic heterocycles. The molecule has 0 aromatic heterocycles. The first kappa shape index (κ1) is 20.1. The number of carbonyl (C=O) groups excluding carboxylic acids is 1. The molecule has 1 aliphatic rings. The molecule has 1 atom stereocenters.